The molecule has 1 rings (SSSR count). The quantitative estimate of drug-likeness (QED) is 0.690. The van der Waals surface area contributed by atoms with Crippen molar-refractivity contribution in [2.45, 2.75) is 40.0 Å². The van der Waals surface area contributed by atoms with Crippen molar-refractivity contribution in [3.8, 4) is 0 Å². The summed E-state index contributed by atoms with van der Waals surface area (Å²) in [6.45, 7) is 11.4. The molecule has 0 aromatic heterocycles. The highest BCUT2D eigenvalue weighted by atomic mass is 16.5. The van der Waals surface area contributed by atoms with Gasteiger partial charge in [0.05, 0.1) is 12.7 Å². The van der Waals surface area contributed by atoms with Crippen LogP contribution >= 0.6 is 0 Å². The minimum atomic E-state index is 0.288. The third-order valence-corrected chi connectivity index (χ3v) is 3.46. The molecule has 0 unspecified atom stereocenters. The van der Waals surface area contributed by atoms with Crippen LogP contribution in [0.3, 0.4) is 0 Å². The number of nitrogens with zero attached hydrogens (tertiary/aromatic N) is 2. The largest absolute Gasteiger partial charge is 0.374 e. The Morgan fingerprint density at radius 2 is 1.50 bits per heavy atom. The zero-order chi connectivity index (χ0) is 15.0. The van der Waals surface area contributed by atoms with Crippen molar-refractivity contribution in [3.63, 3.8) is 0 Å². The van der Waals surface area contributed by atoms with Crippen LogP contribution in [0, 0.1) is 0 Å². The highest BCUT2D eigenvalue weighted by Crippen LogP contribution is 2.09. The summed E-state index contributed by atoms with van der Waals surface area (Å²) in [5, 5.41) is 0. The number of hydrogen-bond acceptors (Lipinski definition) is 3. The average molecular weight is 278 g/mol. The van der Waals surface area contributed by atoms with Gasteiger partial charge in [-0.1, -0.05) is 31.2 Å². The van der Waals surface area contributed by atoms with E-state index in [1.54, 1.807) is 0 Å². The van der Waals surface area contributed by atoms with Crippen LogP contribution in [-0.2, 0) is 17.9 Å². The lowest BCUT2D eigenvalue weighted by atomic mass is 10.1. The van der Waals surface area contributed by atoms with E-state index in [1.807, 2.05) is 0 Å². The van der Waals surface area contributed by atoms with Crippen molar-refractivity contribution in [2.24, 2.45) is 0 Å². The molecular formula is C17H30N2O. The number of hydrogen-bond donors (Lipinski definition) is 0. The lowest BCUT2D eigenvalue weighted by Crippen LogP contribution is -2.30. The molecule has 0 heterocycles. The predicted molar refractivity (Wildman–Crippen MR) is 85.9 cm³/mol. The first-order chi connectivity index (χ1) is 9.51. The fraction of sp³-hybridized carbons (Fsp3) is 0.647. The summed E-state index contributed by atoms with van der Waals surface area (Å²) in [6.07, 6.45) is 0.288. The maximum absolute atomic E-state index is 5.61. The Kier molecular flexibility index (Phi) is 7.82. The Balaban J connectivity index is 2.36. The van der Waals surface area contributed by atoms with E-state index in [9.17, 15) is 0 Å². The first kappa shape index (κ1) is 17.2. The molecule has 0 atom stereocenters. The van der Waals surface area contributed by atoms with E-state index in [1.165, 1.54) is 11.1 Å². The van der Waals surface area contributed by atoms with E-state index < -0.39 is 0 Å². The second-order valence-corrected chi connectivity index (χ2v) is 5.81. The summed E-state index contributed by atoms with van der Waals surface area (Å²) >= 11 is 0. The van der Waals surface area contributed by atoms with E-state index in [0.29, 0.717) is 6.61 Å². The zero-order valence-electron chi connectivity index (χ0n) is 13.7. The molecule has 0 radical (unpaired) electrons. The minimum Gasteiger partial charge on any atom is -0.374 e. The van der Waals surface area contributed by atoms with Crippen LogP contribution < -0.4 is 0 Å². The van der Waals surface area contributed by atoms with Crippen molar-refractivity contribution in [1.29, 1.82) is 0 Å². The Morgan fingerprint density at radius 3 is 2.05 bits per heavy atom. The Morgan fingerprint density at radius 1 is 0.950 bits per heavy atom. The van der Waals surface area contributed by atoms with Gasteiger partial charge in [-0.2, -0.15) is 0 Å². The van der Waals surface area contributed by atoms with Gasteiger partial charge in [-0.15, -0.1) is 0 Å². The van der Waals surface area contributed by atoms with Crippen LogP contribution in [0.2, 0.25) is 0 Å². The van der Waals surface area contributed by atoms with Gasteiger partial charge in [0.1, 0.15) is 0 Å². The monoisotopic (exact) mass is 278 g/mol. The molecule has 1 aromatic rings. The van der Waals surface area contributed by atoms with Gasteiger partial charge in [0, 0.05) is 19.6 Å². The molecule has 3 heteroatoms. The Labute approximate surface area is 124 Å². The van der Waals surface area contributed by atoms with Gasteiger partial charge in [-0.3, -0.25) is 0 Å². The normalized spacial score (nSPS) is 11.8. The smallest absolute Gasteiger partial charge is 0.0720 e. The standard InChI is InChI=1S/C17H30N2O/c1-6-18(4)11-12-19(5)13-16-7-9-17(10-8-16)14-20-15(2)3/h7-10,15H,6,11-14H2,1-5H3. The molecule has 20 heavy (non-hydrogen) atoms. The first-order valence-corrected chi connectivity index (χ1v) is 7.57. The maximum atomic E-state index is 5.61. The Hall–Kier alpha value is -0.900. The van der Waals surface area contributed by atoms with Crippen LogP contribution in [0.4, 0.5) is 0 Å². The van der Waals surface area contributed by atoms with Crippen LogP contribution in [0.25, 0.3) is 0 Å². The molecule has 3 nitrogen and oxygen atoms in total. The molecule has 1 aromatic carbocycles. The van der Waals surface area contributed by atoms with Crippen molar-refractivity contribution in [2.75, 3.05) is 33.7 Å². The summed E-state index contributed by atoms with van der Waals surface area (Å²) in [5.41, 5.74) is 2.61. The van der Waals surface area contributed by atoms with Crippen LogP contribution in [0.5, 0.6) is 0 Å². The van der Waals surface area contributed by atoms with Gasteiger partial charge in [0.25, 0.3) is 0 Å². The molecule has 0 amide bonds. The van der Waals surface area contributed by atoms with E-state index >= 15 is 0 Å². The predicted octanol–water partition coefficient (Wildman–Crippen LogP) is 3.00. The number of likely N-dealkylation sites (N-methyl/N-ethyl adjacent to an activating group) is 2. The maximum Gasteiger partial charge on any atom is 0.0720 e. The van der Waals surface area contributed by atoms with Crippen molar-refractivity contribution in [3.05, 3.63) is 35.4 Å². The molecule has 0 aliphatic rings. The SMILES string of the molecule is CCN(C)CCN(C)Cc1ccc(COC(C)C)cc1. The second kappa shape index (κ2) is 9.11. The lowest BCUT2D eigenvalue weighted by molar-refractivity contribution is 0.0657. The topological polar surface area (TPSA) is 15.7 Å². The van der Waals surface area contributed by atoms with Crippen molar-refractivity contribution >= 4 is 0 Å². The van der Waals surface area contributed by atoms with E-state index in [4.69, 9.17) is 4.74 Å². The Bertz CT molecular complexity index is 362. The van der Waals surface area contributed by atoms with Crippen LogP contribution in [0.1, 0.15) is 31.9 Å². The van der Waals surface area contributed by atoms with E-state index in [-0.39, 0.29) is 6.10 Å². The fourth-order valence-corrected chi connectivity index (χ4v) is 1.89. The highest BCUT2D eigenvalue weighted by Gasteiger charge is 2.03. The number of rotatable bonds is 9. The summed E-state index contributed by atoms with van der Waals surface area (Å²) in [4.78, 5) is 4.70. The highest BCUT2D eigenvalue weighted by molar-refractivity contribution is 5.22. The molecule has 0 fully saturated rings. The molecule has 0 spiro atoms. The van der Waals surface area contributed by atoms with Gasteiger partial charge in [-0.25, -0.2) is 0 Å². The third kappa shape index (κ3) is 7.04. The summed E-state index contributed by atoms with van der Waals surface area (Å²) < 4.78 is 5.61. The first-order valence-electron chi connectivity index (χ1n) is 7.57. The zero-order valence-corrected chi connectivity index (χ0v) is 13.7. The van der Waals surface area contributed by atoms with Crippen LogP contribution in [-0.4, -0.2) is 49.6 Å². The third-order valence-electron chi connectivity index (χ3n) is 3.46. The van der Waals surface area contributed by atoms with Gasteiger partial charge in [0.15, 0.2) is 0 Å². The van der Waals surface area contributed by atoms with Gasteiger partial charge < -0.3 is 14.5 Å². The molecule has 0 bridgehead atoms. The second-order valence-electron chi connectivity index (χ2n) is 5.81. The van der Waals surface area contributed by atoms with Crippen LogP contribution in [0.15, 0.2) is 24.3 Å². The lowest BCUT2D eigenvalue weighted by Gasteiger charge is -2.21. The van der Waals surface area contributed by atoms with E-state index in [0.717, 1.165) is 26.2 Å². The summed E-state index contributed by atoms with van der Waals surface area (Å²) in [5.74, 6) is 0. The molecule has 0 saturated carbocycles. The fourth-order valence-electron chi connectivity index (χ4n) is 1.89. The van der Waals surface area contributed by atoms with E-state index in [2.05, 4.69) is 68.9 Å². The minimum absolute atomic E-state index is 0.288. The molecule has 0 saturated heterocycles. The number of ether oxygens (including phenoxy) is 1. The molecule has 114 valence electrons. The summed E-state index contributed by atoms with van der Waals surface area (Å²) in [7, 11) is 4.34. The van der Waals surface area contributed by atoms with Gasteiger partial charge >= 0.3 is 0 Å². The van der Waals surface area contributed by atoms with Crippen molar-refractivity contribution < 1.29 is 4.74 Å². The summed E-state index contributed by atoms with van der Waals surface area (Å²) in [6, 6.07) is 8.76. The van der Waals surface area contributed by atoms with Gasteiger partial charge in [0.2, 0.25) is 0 Å². The molecule has 0 N–H and O–H groups in total. The molecule has 0 aliphatic carbocycles. The van der Waals surface area contributed by atoms with Crippen molar-refractivity contribution in [1.82, 2.24) is 9.80 Å². The molecule has 0 aliphatic heterocycles. The molecular weight excluding hydrogens is 248 g/mol. The average Bonchev–Trinajstić information content (AvgIpc) is 2.44. The van der Waals surface area contributed by atoms with Gasteiger partial charge in [-0.05, 0) is 45.6 Å². The number of benzene rings is 1.